The number of amides is 1. The number of carboxylic acids is 1. The third-order valence-electron chi connectivity index (χ3n) is 3.21. The summed E-state index contributed by atoms with van der Waals surface area (Å²) in [5.41, 5.74) is -1.27. The Balaban J connectivity index is 3.16. The van der Waals surface area contributed by atoms with Gasteiger partial charge in [0.2, 0.25) is 0 Å². The fraction of sp³-hybridized carbons (Fsp3) is 0.467. The summed E-state index contributed by atoms with van der Waals surface area (Å²) in [5, 5.41) is 8.75. The van der Waals surface area contributed by atoms with E-state index in [2.05, 4.69) is 0 Å². The van der Waals surface area contributed by atoms with E-state index in [1.54, 1.807) is 0 Å². The Morgan fingerprint density at radius 2 is 1.88 bits per heavy atom. The van der Waals surface area contributed by atoms with Gasteiger partial charge in [0.05, 0.1) is 31.3 Å². The molecular weight excluding hydrogens is 331 g/mol. The van der Waals surface area contributed by atoms with Gasteiger partial charge in [-0.2, -0.15) is 13.2 Å². The van der Waals surface area contributed by atoms with Crippen molar-refractivity contribution in [2.45, 2.75) is 12.6 Å². The number of hydrogen-bond donors (Lipinski definition) is 1. The minimum absolute atomic E-state index is 0.0225. The molecule has 1 N–H and O–H groups in total. The highest BCUT2D eigenvalue weighted by molar-refractivity contribution is 5.97. The molecule has 0 saturated carbocycles. The molecule has 0 heterocycles. The van der Waals surface area contributed by atoms with Crippen LogP contribution in [-0.4, -0.2) is 55.8 Å². The van der Waals surface area contributed by atoms with Gasteiger partial charge in [0.15, 0.2) is 0 Å². The standard InChI is InChI=1S/C15H18F3NO5/c1-23-8-7-19(6-5-13(20)21)14(22)11-9-10(15(16,17)18)3-4-12(11)24-2/h3-4,9H,5-8H2,1-2H3,(H,20,21). The van der Waals surface area contributed by atoms with Crippen LogP contribution in [0.4, 0.5) is 13.2 Å². The van der Waals surface area contributed by atoms with Crippen LogP contribution in [0.2, 0.25) is 0 Å². The number of methoxy groups -OCH3 is 2. The van der Waals surface area contributed by atoms with Crippen LogP contribution in [0.5, 0.6) is 5.75 Å². The number of carbonyl (C=O) groups is 2. The number of nitrogens with zero attached hydrogens (tertiary/aromatic N) is 1. The number of benzene rings is 1. The minimum atomic E-state index is -4.61. The van der Waals surface area contributed by atoms with Gasteiger partial charge < -0.3 is 19.5 Å². The van der Waals surface area contributed by atoms with Gasteiger partial charge in [-0.1, -0.05) is 0 Å². The minimum Gasteiger partial charge on any atom is -0.496 e. The van der Waals surface area contributed by atoms with Crippen molar-refractivity contribution in [1.82, 2.24) is 4.90 Å². The molecule has 6 nitrogen and oxygen atoms in total. The quantitative estimate of drug-likeness (QED) is 0.779. The maximum Gasteiger partial charge on any atom is 0.416 e. The van der Waals surface area contributed by atoms with Crippen LogP contribution in [0, 0.1) is 0 Å². The van der Waals surface area contributed by atoms with Crippen molar-refractivity contribution in [3.8, 4) is 5.75 Å². The van der Waals surface area contributed by atoms with E-state index in [1.165, 1.54) is 14.2 Å². The summed E-state index contributed by atoms with van der Waals surface area (Å²) in [4.78, 5) is 24.4. The lowest BCUT2D eigenvalue weighted by atomic mass is 10.1. The Morgan fingerprint density at radius 3 is 2.38 bits per heavy atom. The molecule has 0 aliphatic heterocycles. The van der Waals surface area contributed by atoms with Crippen molar-refractivity contribution in [3.05, 3.63) is 29.3 Å². The van der Waals surface area contributed by atoms with Gasteiger partial charge in [-0.05, 0) is 18.2 Å². The Bertz CT molecular complexity index is 589. The molecule has 134 valence electrons. The van der Waals surface area contributed by atoms with Crippen LogP contribution in [0.3, 0.4) is 0 Å². The maximum absolute atomic E-state index is 12.9. The SMILES string of the molecule is COCCN(CCC(=O)O)C(=O)c1cc(C(F)(F)F)ccc1OC. The molecule has 1 aromatic rings. The van der Waals surface area contributed by atoms with Gasteiger partial charge in [0.1, 0.15) is 5.75 Å². The molecule has 1 amide bonds. The summed E-state index contributed by atoms with van der Waals surface area (Å²) in [6, 6.07) is 2.57. The van der Waals surface area contributed by atoms with Crippen LogP contribution in [-0.2, 0) is 15.7 Å². The van der Waals surface area contributed by atoms with Crippen molar-refractivity contribution in [2.75, 3.05) is 33.9 Å². The lowest BCUT2D eigenvalue weighted by Gasteiger charge is -2.23. The summed E-state index contributed by atoms with van der Waals surface area (Å²) in [6.45, 7) is 0.00553. The summed E-state index contributed by atoms with van der Waals surface area (Å²) in [6.07, 6.45) is -4.95. The molecule has 9 heteroatoms. The van der Waals surface area contributed by atoms with Crippen LogP contribution < -0.4 is 4.74 Å². The highest BCUT2D eigenvalue weighted by Crippen LogP contribution is 2.33. The van der Waals surface area contributed by atoms with E-state index in [9.17, 15) is 22.8 Å². The molecule has 0 bridgehead atoms. The normalized spacial score (nSPS) is 11.2. The van der Waals surface area contributed by atoms with Gasteiger partial charge in [-0.25, -0.2) is 0 Å². The first-order chi connectivity index (χ1) is 11.2. The predicted molar refractivity (Wildman–Crippen MR) is 78.0 cm³/mol. The molecule has 24 heavy (non-hydrogen) atoms. The van der Waals surface area contributed by atoms with E-state index < -0.39 is 23.6 Å². The molecule has 0 fully saturated rings. The number of carbonyl (C=O) groups excluding carboxylic acids is 1. The second kappa shape index (κ2) is 8.53. The molecule has 0 aromatic heterocycles. The summed E-state index contributed by atoms with van der Waals surface area (Å²) < 4.78 is 48.4. The first-order valence-electron chi connectivity index (χ1n) is 6.96. The summed E-state index contributed by atoms with van der Waals surface area (Å²) in [7, 11) is 2.63. The fourth-order valence-electron chi connectivity index (χ4n) is 1.97. The largest absolute Gasteiger partial charge is 0.496 e. The Labute approximate surface area is 136 Å². The number of aliphatic carboxylic acids is 1. The summed E-state index contributed by atoms with van der Waals surface area (Å²) >= 11 is 0. The number of ether oxygens (including phenoxy) is 2. The van der Waals surface area contributed by atoms with E-state index in [-0.39, 0.29) is 37.4 Å². The average Bonchev–Trinajstić information content (AvgIpc) is 2.52. The Morgan fingerprint density at radius 1 is 1.21 bits per heavy atom. The highest BCUT2D eigenvalue weighted by atomic mass is 19.4. The predicted octanol–water partition coefficient (Wildman–Crippen LogP) is 2.28. The maximum atomic E-state index is 12.9. The fourth-order valence-corrected chi connectivity index (χ4v) is 1.97. The van der Waals surface area contributed by atoms with E-state index in [0.717, 1.165) is 17.0 Å². The molecule has 0 radical (unpaired) electrons. The average molecular weight is 349 g/mol. The number of rotatable bonds is 8. The third-order valence-corrected chi connectivity index (χ3v) is 3.21. The van der Waals surface area contributed by atoms with Crippen LogP contribution in [0.1, 0.15) is 22.3 Å². The second-order valence-corrected chi connectivity index (χ2v) is 4.84. The van der Waals surface area contributed by atoms with Crippen LogP contribution in [0.15, 0.2) is 18.2 Å². The van der Waals surface area contributed by atoms with Crippen LogP contribution >= 0.6 is 0 Å². The van der Waals surface area contributed by atoms with Crippen molar-refractivity contribution in [1.29, 1.82) is 0 Å². The van der Waals surface area contributed by atoms with Gasteiger partial charge in [-0.3, -0.25) is 9.59 Å². The highest BCUT2D eigenvalue weighted by Gasteiger charge is 2.32. The van der Waals surface area contributed by atoms with E-state index in [4.69, 9.17) is 14.6 Å². The Kier molecular flexibility index (Phi) is 7.02. The van der Waals surface area contributed by atoms with Crippen LogP contribution in [0.25, 0.3) is 0 Å². The van der Waals surface area contributed by atoms with Gasteiger partial charge in [0.25, 0.3) is 5.91 Å². The molecule has 1 rings (SSSR count). The number of halogens is 3. The molecule has 0 aliphatic carbocycles. The topological polar surface area (TPSA) is 76.1 Å². The molecule has 1 aromatic carbocycles. The summed E-state index contributed by atoms with van der Waals surface area (Å²) in [5.74, 6) is -1.90. The molecular formula is C15H18F3NO5. The van der Waals surface area contributed by atoms with Gasteiger partial charge in [0, 0.05) is 20.2 Å². The van der Waals surface area contributed by atoms with Crippen molar-refractivity contribution >= 4 is 11.9 Å². The second-order valence-electron chi connectivity index (χ2n) is 4.84. The molecule has 0 unspecified atom stereocenters. The zero-order chi connectivity index (χ0) is 18.3. The van der Waals surface area contributed by atoms with Crippen molar-refractivity contribution in [3.63, 3.8) is 0 Å². The van der Waals surface area contributed by atoms with Gasteiger partial charge in [-0.15, -0.1) is 0 Å². The Hall–Kier alpha value is -2.29. The number of hydrogen-bond acceptors (Lipinski definition) is 4. The molecule has 0 spiro atoms. The third kappa shape index (κ3) is 5.41. The number of alkyl halides is 3. The monoisotopic (exact) mass is 349 g/mol. The van der Waals surface area contributed by atoms with Gasteiger partial charge >= 0.3 is 12.1 Å². The first-order valence-corrected chi connectivity index (χ1v) is 6.96. The first kappa shape index (κ1) is 19.8. The van der Waals surface area contributed by atoms with E-state index in [1.807, 2.05) is 0 Å². The smallest absolute Gasteiger partial charge is 0.416 e. The van der Waals surface area contributed by atoms with E-state index >= 15 is 0 Å². The van der Waals surface area contributed by atoms with E-state index in [0.29, 0.717) is 6.07 Å². The molecule has 0 aliphatic rings. The van der Waals surface area contributed by atoms with Crippen molar-refractivity contribution < 1.29 is 37.3 Å². The number of carboxylic acid groups (broad SMARTS) is 1. The molecule has 0 saturated heterocycles. The zero-order valence-corrected chi connectivity index (χ0v) is 13.2. The lowest BCUT2D eigenvalue weighted by Crippen LogP contribution is -2.36. The van der Waals surface area contributed by atoms with Crippen molar-refractivity contribution in [2.24, 2.45) is 0 Å². The lowest BCUT2D eigenvalue weighted by molar-refractivity contribution is -0.138. The molecule has 0 atom stereocenters. The zero-order valence-electron chi connectivity index (χ0n) is 13.2.